The molecule has 0 bridgehead atoms. The molecule has 2 fully saturated rings. The Hall–Kier alpha value is -2.39. The van der Waals surface area contributed by atoms with Crippen molar-refractivity contribution in [3.8, 4) is 6.07 Å². The number of piperidine rings is 1. The predicted molar refractivity (Wildman–Crippen MR) is 99.2 cm³/mol. The fraction of sp³-hybridized carbons (Fsp3) is 0.550. The highest BCUT2D eigenvalue weighted by atomic mass is 16.2. The molecule has 2 N–H and O–H groups in total. The number of nitriles is 1. The molecule has 26 heavy (non-hydrogen) atoms. The van der Waals surface area contributed by atoms with E-state index >= 15 is 0 Å². The maximum absolute atomic E-state index is 12.5. The van der Waals surface area contributed by atoms with Crippen molar-refractivity contribution in [2.24, 2.45) is 5.41 Å². The number of nitrogens with zero attached hydrogens (tertiary/aromatic N) is 2. The summed E-state index contributed by atoms with van der Waals surface area (Å²) in [5, 5.41) is 15.4. The summed E-state index contributed by atoms with van der Waals surface area (Å²) >= 11 is 0. The van der Waals surface area contributed by atoms with E-state index in [1.807, 2.05) is 30.3 Å². The second-order valence-electron chi connectivity index (χ2n) is 7.34. The van der Waals surface area contributed by atoms with Gasteiger partial charge in [0.15, 0.2) is 0 Å². The van der Waals surface area contributed by atoms with Crippen molar-refractivity contribution in [2.45, 2.75) is 44.6 Å². The van der Waals surface area contributed by atoms with Gasteiger partial charge in [0.05, 0.1) is 12.6 Å². The summed E-state index contributed by atoms with van der Waals surface area (Å²) in [7, 11) is 0. The summed E-state index contributed by atoms with van der Waals surface area (Å²) in [6.07, 6.45) is 4.88. The first kappa shape index (κ1) is 18.4. The molecule has 1 saturated heterocycles. The van der Waals surface area contributed by atoms with Crippen molar-refractivity contribution in [2.75, 3.05) is 25.0 Å². The Bertz CT molecular complexity index is 669. The zero-order chi connectivity index (χ0) is 18.4. The van der Waals surface area contributed by atoms with Crippen molar-refractivity contribution in [3.05, 3.63) is 30.3 Å². The molecule has 1 aliphatic carbocycles. The minimum atomic E-state index is -0.813. The molecule has 138 valence electrons. The first-order valence-electron chi connectivity index (χ1n) is 9.41. The number of likely N-dealkylation sites (tertiary alicyclic amines) is 1. The lowest BCUT2D eigenvalue weighted by molar-refractivity contribution is -0.129. The third-order valence-corrected chi connectivity index (χ3v) is 5.45. The molecular formula is C20H26N4O2. The largest absolute Gasteiger partial charge is 0.352 e. The van der Waals surface area contributed by atoms with Gasteiger partial charge in [-0.2, -0.15) is 5.26 Å². The van der Waals surface area contributed by atoms with Crippen LogP contribution in [0.3, 0.4) is 0 Å². The fourth-order valence-corrected chi connectivity index (χ4v) is 3.85. The smallest absolute Gasteiger partial charge is 0.240 e. The van der Waals surface area contributed by atoms with Gasteiger partial charge in [-0.3, -0.25) is 14.5 Å². The molecule has 1 aromatic rings. The highest BCUT2D eigenvalue weighted by Gasteiger charge is 2.42. The zero-order valence-corrected chi connectivity index (χ0v) is 15.0. The number of amides is 2. The lowest BCUT2D eigenvalue weighted by Gasteiger charge is -2.33. The molecule has 1 heterocycles. The number of rotatable bonds is 5. The fourth-order valence-electron chi connectivity index (χ4n) is 3.85. The van der Waals surface area contributed by atoms with Gasteiger partial charge in [0.2, 0.25) is 11.8 Å². The van der Waals surface area contributed by atoms with Gasteiger partial charge in [0, 0.05) is 24.8 Å². The monoisotopic (exact) mass is 354 g/mol. The van der Waals surface area contributed by atoms with E-state index in [4.69, 9.17) is 0 Å². The Morgan fingerprint density at radius 2 is 1.81 bits per heavy atom. The lowest BCUT2D eigenvalue weighted by Crippen LogP contribution is -2.49. The summed E-state index contributed by atoms with van der Waals surface area (Å²) in [4.78, 5) is 26.8. The third-order valence-electron chi connectivity index (χ3n) is 5.45. The van der Waals surface area contributed by atoms with Crippen LogP contribution in [-0.2, 0) is 9.59 Å². The van der Waals surface area contributed by atoms with Gasteiger partial charge < -0.3 is 10.6 Å². The number of hydrogen-bond acceptors (Lipinski definition) is 4. The maximum atomic E-state index is 12.5. The summed E-state index contributed by atoms with van der Waals surface area (Å²) < 4.78 is 0. The molecule has 0 aromatic heterocycles. The van der Waals surface area contributed by atoms with Crippen LogP contribution in [0.2, 0.25) is 0 Å². The third kappa shape index (κ3) is 4.41. The molecule has 0 radical (unpaired) electrons. The normalized spacial score (nSPS) is 20.3. The average molecular weight is 354 g/mol. The molecule has 0 spiro atoms. The van der Waals surface area contributed by atoms with E-state index in [1.54, 1.807) is 0 Å². The van der Waals surface area contributed by atoms with Gasteiger partial charge in [0.1, 0.15) is 5.41 Å². The number of carbonyl (C=O) groups is 2. The Morgan fingerprint density at radius 1 is 1.15 bits per heavy atom. The van der Waals surface area contributed by atoms with Gasteiger partial charge in [-0.25, -0.2) is 0 Å². The van der Waals surface area contributed by atoms with Crippen LogP contribution in [0.4, 0.5) is 5.69 Å². The second-order valence-corrected chi connectivity index (χ2v) is 7.34. The van der Waals surface area contributed by atoms with Crippen molar-refractivity contribution < 1.29 is 9.59 Å². The van der Waals surface area contributed by atoms with Crippen LogP contribution < -0.4 is 10.6 Å². The number of carbonyl (C=O) groups excluding carboxylic acids is 2. The Labute approximate surface area is 154 Å². The summed E-state index contributed by atoms with van der Waals surface area (Å²) in [5.41, 5.74) is -0.00908. The van der Waals surface area contributed by atoms with Gasteiger partial charge in [-0.05, 0) is 37.8 Å². The number of para-hydroxylation sites is 1. The Balaban J connectivity index is 1.42. The van der Waals surface area contributed by atoms with E-state index < -0.39 is 5.41 Å². The minimum absolute atomic E-state index is 0.0203. The van der Waals surface area contributed by atoms with Crippen LogP contribution in [-0.4, -0.2) is 42.4 Å². The highest BCUT2D eigenvalue weighted by Crippen LogP contribution is 2.37. The summed E-state index contributed by atoms with van der Waals surface area (Å²) in [6.45, 7) is 1.90. The molecule has 6 nitrogen and oxygen atoms in total. The van der Waals surface area contributed by atoms with Crippen molar-refractivity contribution in [1.82, 2.24) is 10.2 Å². The van der Waals surface area contributed by atoms with Crippen LogP contribution in [0.15, 0.2) is 30.3 Å². The minimum Gasteiger partial charge on any atom is -0.352 e. The molecule has 1 aromatic carbocycles. The van der Waals surface area contributed by atoms with Crippen molar-refractivity contribution >= 4 is 17.5 Å². The topological polar surface area (TPSA) is 85.2 Å². The summed E-state index contributed by atoms with van der Waals surface area (Å²) in [6, 6.07) is 11.8. The number of hydrogen-bond donors (Lipinski definition) is 2. The molecule has 1 aliphatic heterocycles. The zero-order valence-electron chi connectivity index (χ0n) is 15.0. The van der Waals surface area contributed by atoms with Crippen LogP contribution in [0.25, 0.3) is 0 Å². The van der Waals surface area contributed by atoms with Gasteiger partial charge in [-0.15, -0.1) is 0 Å². The van der Waals surface area contributed by atoms with Crippen LogP contribution in [0.1, 0.15) is 38.5 Å². The highest BCUT2D eigenvalue weighted by molar-refractivity contribution is 5.92. The van der Waals surface area contributed by atoms with Crippen LogP contribution in [0, 0.1) is 16.7 Å². The molecule has 0 unspecified atom stereocenters. The second kappa shape index (κ2) is 8.33. The number of nitrogens with one attached hydrogen (secondary N) is 2. The average Bonchev–Trinajstić information content (AvgIpc) is 3.14. The lowest BCUT2D eigenvalue weighted by atomic mass is 9.86. The van der Waals surface area contributed by atoms with Gasteiger partial charge >= 0.3 is 0 Å². The standard InChI is InChI=1S/C20H26N4O2/c21-15-20(10-4-5-11-20)19(26)23-17-8-12-24(13-9-17)14-18(25)22-16-6-2-1-3-7-16/h1-3,6-7,17H,4-5,8-14H2,(H,22,25)(H,23,26). The van der Waals surface area contributed by atoms with Gasteiger partial charge in [0.25, 0.3) is 0 Å². The summed E-state index contributed by atoms with van der Waals surface area (Å²) in [5.74, 6) is -0.120. The molecule has 2 aliphatic rings. The van der Waals surface area contributed by atoms with E-state index in [1.165, 1.54) is 0 Å². The molecule has 0 atom stereocenters. The van der Waals surface area contributed by atoms with Crippen LogP contribution >= 0.6 is 0 Å². The quantitative estimate of drug-likeness (QED) is 0.849. The van der Waals surface area contributed by atoms with E-state index in [9.17, 15) is 14.9 Å². The molecular weight excluding hydrogens is 328 g/mol. The Morgan fingerprint density at radius 3 is 2.42 bits per heavy atom. The molecule has 6 heteroatoms. The molecule has 3 rings (SSSR count). The van der Waals surface area contributed by atoms with E-state index in [0.717, 1.165) is 44.5 Å². The van der Waals surface area contributed by atoms with E-state index in [2.05, 4.69) is 21.6 Å². The first-order chi connectivity index (χ1) is 12.6. The SMILES string of the molecule is N#CC1(C(=O)NC2CCN(CC(=O)Nc3ccccc3)CC2)CCCC1. The number of anilines is 1. The maximum Gasteiger partial charge on any atom is 0.240 e. The Kier molecular flexibility index (Phi) is 5.89. The van der Waals surface area contributed by atoms with Crippen LogP contribution in [0.5, 0.6) is 0 Å². The first-order valence-corrected chi connectivity index (χ1v) is 9.41. The van der Waals surface area contributed by atoms with E-state index in [0.29, 0.717) is 19.4 Å². The van der Waals surface area contributed by atoms with Gasteiger partial charge in [-0.1, -0.05) is 31.0 Å². The molecule has 2 amide bonds. The molecule has 1 saturated carbocycles. The predicted octanol–water partition coefficient (Wildman–Crippen LogP) is 2.29. The van der Waals surface area contributed by atoms with Crippen molar-refractivity contribution in [1.29, 1.82) is 5.26 Å². The van der Waals surface area contributed by atoms with E-state index in [-0.39, 0.29) is 17.9 Å². The number of benzene rings is 1. The van der Waals surface area contributed by atoms with Crippen molar-refractivity contribution in [3.63, 3.8) is 0 Å².